The summed E-state index contributed by atoms with van der Waals surface area (Å²) >= 11 is 1.51. The van der Waals surface area contributed by atoms with Crippen LogP contribution in [-0.2, 0) is 4.79 Å². The highest BCUT2D eigenvalue weighted by atomic mass is 32.1. The summed E-state index contributed by atoms with van der Waals surface area (Å²) in [5.41, 5.74) is 0.840. The van der Waals surface area contributed by atoms with Crippen molar-refractivity contribution in [3.63, 3.8) is 0 Å². The number of carbonyl (C=O) groups excluding carboxylic acids is 1. The summed E-state index contributed by atoms with van der Waals surface area (Å²) in [6.45, 7) is 4.23. The molecule has 0 saturated heterocycles. The summed E-state index contributed by atoms with van der Waals surface area (Å²) in [6, 6.07) is 3.83. The van der Waals surface area contributed by atoms with Crippen molar-refractivity contribution in [1.82, 2.24) is 4.98 Å². The van der Waals surface area contributed by atoms with Gasteiger partial charge in [-0.2, -0.15) is 0 Å². The second kappa shape index (κ2) is 6.10. The van der Waals surface area contributed by atoms with E-state index in [0.29, 0.717) is 19.8 Å². The van der Waals surface area contributed by atoms with E-state index in [4.69, 9.17) is 9.47 Å². The number of nitrogens with zero attached hydrogens (tertiary/aromatic N) is 2. The minimum atomic E-state index is 0.0116. The molecule has 0 unspecified atom stereocenters. The minimum absolute atomic E-state index is 0.0116. The van der Waals surface area contributed by atoms with Crippen LogP contribution in [0.1, 0.15) is 6.92 Å². The fourth-order valence-corrected chi connectivity index (χ4v) is 3.34. The number of hydrogen-bond acceptors (Lipinski definition) is 5. The Kier molecular flexibility index (Phi) is 4.17. The van der Waals surface area contributed by atoms with Crippen molar-refractivity contribution in [2.24, 2.45) is 0 Å². The molecule has 1 amide bonds. The van der Waals surface area contributed by atoms with Crippen molar-refractivity contribution in [3.05, 3.63) is 12.1 Å². The fraction of sp³-hybridized carbons (Fsp3) is 0.467. The first kappa shape index (κ1) is 15.1. The molecule has 2 heterocycles. The van der Waals surface area contributed by atoms with E-state index in [1.54, 1.807) is 11.8 Å². The van der Waals surface area contributed by atoms with E-state index < -0.39 is 0 Å². The van der Waals surface area contributed by atoms with Gasteiger partial charge in [-0.15, -0.1) is 0 Å². The molecule has 1 aromatic carbocycles. The molecule has 0 spiro atoms. The molecule has 6 nitrogen and oxygen atoms in total. The number of rotatable bonds is 4. The largest absolute Gasteiger partial charge is 0.486 e. The average Bonchev–Trinajstić information content (AvgIpc) is 2.86. The highest BCUT2D eigenvalue weighted by Crippen LogP contribution is 2.38. The Balaban J connectivity index is 1.93. The van der Waals surface area contributed by atoms with Crippen molar-refractivity contribution in [1.29, 1.82) is 0 Å². The second-order valence-corrected chi connectivity index (χ2v) is 6.60. The Morgan fingerprint density at radius 1 is 1.32 bits per heavy atom. The number of ether oxygens (including phenoxy) is 2. The van der Waals surface area contributed by atoms with E-state index >= 15 is 0 Å². The van der Waals surface area contributed by atoms with Gasteiger partial charge in [-0.3, -0.25) is 9.69 Å². The topological polar surface area (TPSA) is 56.1 Å². The first-order chi connectivity index (χ1) is 10.5. The van der Waals surface area contributed by atoms with Gasteiger partial charge in [0.2, 0.25) is 5.91 Å². The lowest BCUT2D eigenvalue weighted by Gasteiger charge is -2.18. The zero-order valence-corrected chi connectivity index (χ0v) is 13.8. The highest BCUT2D eigenvalue weighted by molar-refractivity contribution is 7.22. The van der Waals surface area contributed by atoms with Gasteiger partial charge in [-0.1, -0.05) is 11.3 Å². The molecule has 1 aromatic heterocycles. The Morgan fingerprint density at radius 3 is 2.64 bits per heavy atom. The number of thiazole rings is 1. The number of nitrogens with one attached hydrogen (secondary N) is 1. The quantitative estimate of drug-likeness (QED) is 0.894. The third-order valence-corrected chi connectivity index (χ3v) is 4.53. The van der Waals surface area contributed by atoms with Gasteiger partial charge >= 0.3 is 0 Å². The maximum atomic E-state index is 11.9. The Hall–Kier alpha value is -1.86. The summed E-state index contributed by atoms with van der Waals surface area (Å²) < 4.78 is 12.2. The van der Waals surface area contributed by atoms with Crippen molar-refractivity contribution in [2.45, 2.75) is 6.92 Å². The molecular formula is C15H20N3O3S+. The van der Waals surface area contributed by atoms with Gasteiger partial charge < -0.3 is 14.4 Å². The van der Waals surface area contributed by atoms with E-state index in [1.807, 2.05) is 12.1 Å². The van der Waals surface area contributed by atoms with Crippen molar-refractivity contribution in [3.8, 4) is 11.5 Å². The Morgan fingerprint density at radius 2 is 2.00 bits per heavy atom. The van der Waals surface area contributed by atoms with Gasteiger partial charge in [0, 0.05) is 19.1 Å². The van der Waals surface area contributed by atoms with E-state index in [0.717, 1.165) is 33.4 Å². The van der Waals surface area contributed by atoms with Crippen LogP contribution in [-0.4, -0.2) is 51.3 Å². The molecule has 1 N–H and O–H groups in total. The predicted octanol–water partition coefficient (Wildman–Crippen LogP) is 0.565. The summed E-state index contributed by atoms with van der Waals surface area (Å²) in [7, 11) is 4.14. The normalized spacial score (nSPS) is 13.6. The summed E-state index contributed by atoms with van der Waals surface area (Å²) in [4.78, 5) is 19.6. The lowest BCUT2D eigenvalue weighted by molar-refractivity contribution is -0.856. The Bertz CT molecular complexity index is 656. The molecule has 0 bridgehead atoms. The third-order valence-electron chi connectivity index (χ3n) is 3.49. The third kappa shape index (κ3) is 3.00. The maximum Gasteiger partial charge on any atom is 0.225 e. The van der Waals surface area contributed by atoms with Crippen LogP contribution in [0.2, 0.25) is 0 Å². The molecular weight excluding hydrogens is 302 g/mol. The number of amides is 1. The molecule has 7 heteroatoms. The van der Waals surface area contributed by atoms with E-state index in [9.17, 15) is 4.79 Å². The van der Waals surface area contributed by atoms with Gasteiger partial charge in [-0.25, -0.2) is 4.98 Å². The molecule has 0 saturated carbocycles. The molecule has 22 heavy (non-hydrogen) atoms. The number of hydrogen-bond donors (Lipinski definition) is 1. The van der Waals surface area contributed by atoms with Crippen LogP contribution in [0.3, 0.4) is 0 Å². The average molecular weight is 322 g/mol. The van der Waals surface area contributed by atoms with E-state index in [-0.39, 0.29) is 5.91 Å². The molecule has 0 aliphatic carbocycles. The van der Waals surface area contributed by atoms with Crippen LogP contribution < -0.4 is 19.3 Å². The number of carbonyl (C=O) groups is 1. The van der Waals surface area contributed by atoms with Gasteiger partial charge in [0.25, 0.3) is 0 Å². The molecule has 0 atom stereocenters. The predicted molar refractivity (Wildman–Crippen MR) is 86.3 cm³/mol. The SMILES string of the molecule is CC(=O)N(CC[NH+](C)C)c1nc2cc3c(cc2s1)OCCO3. The van der Waals surface area contributed by atoms with E-state index in [2.05, 4.69) is 19.1 Å². The fourth-order valence-electron chi connectivity index (χ4n) is 2.29. The van der Waals surface area contributed by atoms with Crippen molar-refractivity contribution in [2.75, 3.05) is 45.3 Å². The molecule has 0 radical (unpaired) electrons. The lowest BCUT2D eigenvalue weighted by Crippen LogP contribution is -3.06. The van der Waals surface area contributed by atoms with Crippen molar-refractivity contribution >= 4 is 32.6 Å². The Labute approximate surface area is 133 Å². The number of aromatic nitrogens is 1. The number of likely N-dealkylation sites (N-methyl/N-ethyl adjacent to an activating group) is 1. The minimum Gasteiger partial charge on any atom is -0.486 e. The number of quaternary nitrogens is 1. The van der Waals surface area contributed by atoms with Gasteiger partial charge in [0.1, 0.15) is 13.2 Å². The molecule has 1 aliphatic heterocycles. The first-order valence-electron chi connectivity index (χ1n) is 7.32. The number of fused-ring (bicyclic) bond motifs is 2. The van der Waals surface area contributed by atoms with Crippen LogP contribution in [0.15, 0.2) is 12.1 Å². The smallest absolute Gasteiger partial charge is 0.225 e. The van der Waals surface area contributed by atoms with E-state index in [1.165, 1.54) is 16.2 Å². The van der Waals surface area contributed by atoms with Gasteiger partial charge in [0.05, 0.1) is 37.4 Å². The monoisotopic (exact) mass is 322 g/mol. The van der Waals surface area contributed by atoms with Crippen LogP contribution in [0.25, 0.3) is 10.2 Å². The van der Waals surface area contributed by atoms with Gasteiger partial charge in [-0.05, 0) is 0 Å². The molecule has 3 rings (SSSR count). The van der Waals surface area contributed by atoms with Crippen LogP contribution in [0.4, 0.5) is 5.13 Å². The summed E-state index contributed by atoms with van der Waals surface area (Å²) in [5, 5.41) is 0.728. The molecule has 2 aromatic rings. The molecule has 118 valence electrons. The van der Waals surface area contributed by atoms with Gasteiger partial charge in [0.15, 0.2) is 16.6 Å². The van der Waals surface area contributed by atoms with Crippen LogP contribution in [0.5, 0.6) is 11.5 Å². The first-order valence-corrected chi connectivity index (χ1v) is 8.13. The standard InChI is InChI=1S/C15H19N3O3S/c1-10(19)18(5-4-17(2)3)15-16-11-8-12-13(9-14(11)22-15)21-7-6-20-12/h8-9H,4-7H2,1-3H3/p+1. The maximum absolute atomic E-state index is 11.9. The van der Waals surface area contributed by atoms with Crippen molar-refractivity contribution < 1.29 is 19.2 Å². The second-order valence-electron chi connectivity index (χ2n) is 5.59. The molecule has 1 aliphatic rings. The number of anilines is 1. The zero-order valence-electron chi connectivity index (χ0n) is 13.0. The summed E-state index contributed by atoms with van der Waals surface area (Å²) in [5.74, 6) is 1.49. The van der Waals surface area contributed by atoms with Crippen LogP contribution >= 0.6 is 11.3 Å². The lowest BCUT2D eigenvalue weighted by atomic mass is 10.3. The molecule has 0 fully saturated rings. The number of benzene rings is 1. The summed E-state index contributed by atoms with van der Waals surface area (Å²) in [6.07, 6.45) is 0. The van der Waals surface area contributed by atoms with Crippen LogP contribution in [0, 0.1) is 0 Å². The zero-order chi connectivity index (χ0) is 15.7. The highest BCUT2D eigenvalue weighted by Gasteiger charge is 2.20.